The highest BCUT2D eigenvalue weighted by atomic mass is 32.1. The van der Waals surface area contributed by atoms with Gasteiger partial charge in [-0.05, 0) is 56.8 Å². The van der Waals surface area contributed by atoms with Crippen molar-refractivity contribution in [1.82, 2.24) is 10.2 Å². The average molecular weight is 302 g/mol. The number of hydrogen-bond donors (Lipinski definition) is 1. The molecule has 1 amide bonds. The number of fused-ring (bicyclic) bond motifs is 1. The fraction of sp³-hybridized carbons (Fsp3) is 0.471. The van der Waals surface area contributed by atoms with Crippen LogP contribution in [-0.2, 0) is 0 Å². The Morgan fingerprint density at radius 1 is 1.38 bits per heavy atom. The standard InChI is InChI=1S/C17H22N2OS/c1-18-10-9-14-7-4-5-11-19(14)17(20)16-12-13-6-2-3-8-15(13)21-16/h2-3,6,8,12,14,18H,4-5,7,9-11H2,1H3. The van der Waals surface area contributed by atoms with Crippen molar-refractivity contribution in [2.45, 2.75) is 31.7 Å². The Kier molecular flexibility index (Phi) is 4.56. The van der Waals surface area contributed by atoms with Crippen LogP contribution in [0.15, 0.2) is 30.3 Å². The first kappa shape index (κ1) is 14.5. The van der Waals surface area contributed by atoms with Crippen molar-refractivity contribution in [2.24, 2.45) is 0 Å². The number of nitrogens with one attached hydrogen (secondary N) is 1. The number of benzene rings is 1. The molecule has 0 aliphatic carbocycles. The monoisotopic (exact) mass is 302 g/mol. The second kappa shape index (κ2) is 6.58. The topological polar surface area (TPSA) is 32.3 Å². The molecule has 1 aromatic carbocycles. The Morgan fingerprint density at radius 3 is 3.05 bits per heavy atom. The largest absolute Gasteiger partial charge is 0.335 e. The predicted octanol–water partition coefficient (Wildman–Crippen LogP) is 3.51. The number of thiophene rings is 1. The van der Waals surface area contributed by atoms with Crippen molar-refractivity contribution in [1.29, 1.82) is 0 Å². The average Bonchev–Trinajstić information content (AvgIpc) is 2.96. The maximum absolute atomic E-state index is 12.9. The van der Waals surface area contributed by atoms with Crippen molar-refractivity contribution in [3.05, 3.63) is 35.2 Å². The van der Waals surface area contributed by atoms with E-state index in [0.717, 1.165) is 37.2 Å². The van der Waals surface area contributed by atoms with E-state index in [0.29, 0.717) is 6.04 Å². The molecule has 0 spiro atoms. The number of rotatable bonds is 4. The summed E-state index contributed by atoms with van der Waals surface area (Å²) in [7, 11) is 1.97. The van der Waals surface area contributed by atoms with Gasteiger partial charge in [0.05, 0.1) is 4.88 Å². The normalized spacial score (nSPS) is 19.1. The number of piperidine rings is 1. The van der Waals surface area contributed by atoms with Gasteiger partial charge in [0.25, 0.3) is 5.91 Å². The summed E-state index contributed by atoms with van der Waals surface area (Å²) in [6, 6.07) is 10.7. The van der Waals surface area contributed by atoms with E-state index in [2.05, 4.69) is 22.3 Å². The quantitative estimate of drug-likeness (QED) is 0.937. The number of amides is 1. The highest BCUT2D eigenvalue weighted by Crippen LogP contribution is 2.29. The maximum Gasteiger partial charge on any atom is 0.264 e. The third-order valence-electron chi connectivity index (χ3n) is 4.25. The summed E-state index contributed by atoms with van der Waals surface area (Å²) in [5.74, 6) is 0.219. The van der Waals surface area contributed by atoms with Crippen LogP contribution in [0, 0.1) is 0 Å². The summed E-state index contributed by atoms with van der Waals surface area (Å²) in [5.41, 5.74) is 0. The van der Waals surface area contributed by atoms with Gasteiger partial charge in [0.1, 0.15) is 0 Å². The molecule has 1 aliphatic rings. The molecule has 1 N–H and O–H groups in total. The van der Waals surface area contributed by atoms with E-state index < -0.39 is 0 Å². The van der Waals surface area contributed by atoms with E-state index in [9.17, 15) is 4.79 Å². The molecule has 0 saturated carbocycles. The Morgan fingerprint density at radius 2 is 2.24 bits per heavy atom. The van der Waals surface area contributed by atoms with Gasteiger partial charge in [-0.1, -0.05) is 18.2 Å². The van der Waals surface area contributed by atoms with Gasteiger partial charge in [-0.15, -0.1) is 11.3 Å². The molecule has 1 saturated heterocycles. The van der Waals surface area contributed by atoms with Crippen LogP contribution in [0.2, 0.25) is 0 Å². The van der Waals surface area contributed by atoms with Crippen LogP contribution < -0.4 is 5.32 Å². The molecule has 2 heterocycles. The van der Waals surface area contributed by atoms with Gasteiger partial charge in [-0.25, -0.2) is 0 Å². The van der Waals surface area contributed by atoms with Crippen molar-refractivity contribution >= 4 is 27.3 Å². The molecular weight excluding hydrogens is 280 g/mol. The van der Waals surface area contributed by atoms with Gasteiger partial charge in [0.2, 0.25) is 0 Å². The molecule has 0 bridgehead atoms. The van der Waals surface area contributed by atoms with Crippen LogP contribution in [-0.4, -0.2) is 37.0 Å². The van der Waals surface area contributed by atoms with E-state index in [1.807, 2.05) is 25.2 Å². The first-order valence-corrected chi connectivity index (χ1v) is 8.55. The minimum absolute atomic E-state index is 0.219. The minimum atomic E-state index is 0.219. The highest BCUT2D eigenvalue weighted by Gasteiger charge is 2.27. The summed E-state index contributed by atoms with van der Waals surface area (Å²) >= 11 is 1.62. The lowest BCUT2D eigenvalue weighted by Crippen LogP contribution is -2.44. The molecule has 1 aromatic heterocycles. The van der Waals surface area contributed by atoms with Crippen LogP contribution in [0.5, 0.6) is 0 Å². The number of likely N-dealkylation sites (tertiary alicyclic amines) is 1. The predicted molar refractivity (Wildman–Crippen MR) is 89.0 cm³/mol. The van der Waals surface area contributed by atoms with Crippen molar-refractivity contribution in [3.63, 3.8) is 0 Å². The second-order valence-electron chi connectivity index (χ2n) is 5.69. The van der Waals surface area contributed by atoms with Crippen LogP contribution in [0.1, 0.15) is 35.4 Å². The number of carbonyl (C=O) groups excluding carboxylic acids is 1. The van der Waals surface area contributed by atoms with E-state index >= 15 is 0 Å². The van der Waals surface area contributed by atoms with Crippen molar-refractivity contribution in [2.75, 3.05) is 20.1 Å². The molecular formula is C17H22N2OS. The number of carbonyl (C=O) groups is 1. The summed E-state index contributed by atoms with van der Waals surface area (Å²) in [6.07, 6.45) is 4.56. The second-order valence-corrected chi connectivity index (χ2v) is 6.77. The Balaban J connectivity index is 1.81. The summed E-state index contributed by atoms with van der Waals surface area (Å²) in [5, 5.41) is 4.38. The van der Waals surface area contributed by atoms with Gasteiger partial charge in [-0.3, -0.25) is 4.79 Å². The summed E-state index contributed by atoms with van der Waals surface area (Å²) in [4.78, 5) is 15.8. The van der Waals surface area contributed by atoms with Crippen LogP contribution in [0.3, 0.4) is 0 Å². The number of hydrogen-bond acceptors (Lipinski definition) is 3. The smallest absolute Gasteiger partial charge is 0.264 e. The molecule has 112 valence electrons. The molecule has 21 heavy (non-hydrogen) atoms. The maximum atomic E-state index is 12.9. The Hall–Kier alpha value is -1.39. The molecule has 3 nitrogen and oxygen atoms in total. The third kappa shape index (κ3) is 3.11. The zero-order valence-corrected chi connectivity index (χ0v) is 13.3. The zero-order valence-electron chi connectivity index (χ0n) is 12.5. The Labute approximate surface area is 130 Å². The van der Waals surface area contributed by atoms with Gasteiger partial charge in [0.15, 0.2) is 0 Å². The van der Waals surface area contributed by atoms with Gasteiger partial charge in [-0.2, -0.15) is 0 Å². The van der Waals surface area contributed by atoms with E-state index in [1.54, 1.807) is 11.3 Å². The molecule has 2 aromatic rings. The molecule has 4 heteroatoms. The molecule has 3 rings (SSSR count). The number of nitrogens with zero attached hydrogens (tertiary/aromatic N) is 1. The lowest BCUT2D eigenvalue weighted by molar-refractivity contribution is 0.0607. The van der Waals surface area contributed by atoms with Crippen molar-refractivity contribution < 1.29 is 4.79 Å². The summed E-state index contributed by atoms with van der Waals surface area (Å²) < 4.78 is 1.20. The van der Waals surface area contributed by atoms with Gasteiger partial charge in [0, 0.05) is 17.3 Å². The van der Waals surface area contributed by atoms with Crippen LogP contribution in [0.4, 0.5) is 0 Å². The third-order valence-corrected chi connectivity index (χ3v) is 5.36. The molecule has 1 fully saturated rings. The van der Waals surface area contributed by atoms with E-state index in [4.69, 9.17) is 0 Å². The van der Waals surface area contributed by atoms with Crippen LogP contribution in [0.25, 0.3) is 10.1 Å². The van der Waals surface area contributed by atoms with E-state index in [-0.39, 0.29) is 5.91 Å². The SMILES string of the molecule is CNCCC1CCCCN1C(=O)c1cc2ccccc2s1. The lowest BCUT2D eigenvalue weighted by atomic mass is 9.99. The zero-order chi connectivity index (χ0) is 14.7. The summed E-state index contributed by atoms with van der Waals surface area (Å²) in [6.45, 7) is 1.88. The van der Waals surface area contributed by atoms with Gasteiger partial charge < -0.3 is 10.2 Å². The van der Waals surface area contributed by atoms with Crippen molar-refractivity contribution in [3.8, 4) is 0 Å². The fourth-order valence-corrected chi connectivity index (χ4v) is 4.13. The molecule has 1 unspecified atom stereocenters. The molecule has 1 atom stereocenters. The highest BCUT2D eigenvalue weighted by molar-refractivity contribution is 7.20. The molecule has 0 radical (unpaired) electrons. The lowest BCUT2D eigenvalue weighted by Gasteiger charge is -2.35. The van der Waals surface area contributed by atoms with Gasteiger partial charge >= 0.3 is 0 Å². The first-order valence-electron chi connectivity index (χ1n) is 7.74. The minimum Gasteiger partial charge on any atom is -0.335 e. The van der Waals surface area contributed by atoms with Crippen LogP contribution >= 0.6 is 11.3 Å². The van der Waals surface area contributed by atoms with E-state index in [1.165, 1.54) is 16.5 Å². The Bertz CT molecular complexity index is 589. The first-order chi connectivity index (χ1) is 10.3. The fourth-order valence-electron chi connectivity index (χ4n) is 3.11. The molecule has 1 aliphatic heterocycles.